The van der Waals surface area contributed by atoms with Crippen molar-refractivity contribution in [3.05, 3.63) is 48.0 Å². The van der Waals surface area contributed by atoms with Crippen LogP contribution in [-0.2, 0) is 7.05 Å². The van der Waals surface area contributed by atoms with Crippen molar-refractivity contribution in [2.24, 2.45) is 7.05 Å². The summed E-state index contributed by atoms with van der Waals surface area (Å²) in [5.74, 6) is 1.32. The number of methoxy groups -OCH3 is 1. The van der Waals surface area contributed by atoms with Crippen LogP contribution in [0.15, 0.2) is 36.7 Å². The molecule has 6 heteroatoms. The van der Waals surface area contributed by atoms with Gasteiger partial charge < -0.3 is 14.2 Å². The van der Waals surface area contributed by atoms with E-state index in [4.69, 9.17) is 4.74 Å². The highest BCUT2D eigenvalue weighted by atomic mass is 16.5. The van der Waals surface area contributed by atoms with E-state index in [0.717, 1.165) is 18.8 Å². The molecule has 1 aromatic carbocycles. The highest BCUT2D eigenvalue weighted by Crippen LogP contribution is 2.26. The monoisotopic (exact) mass is 314 g/mol. The number of carbonyl (C=O) groups excluding carboxylic acids is 1. The van der Waals surface area contributed by atoms with Crippen molar-refractivity contribution in [2.75, 3.05) is 33.8 Å². The van der Waals surface area contributed by atoms with Crippen molar-refractivity contribution >= 4 is 5.91 Å². The van der Waals surface area contributed by atoms with Crippen molar-refractivity contribution in [3.8, 4) is 5.75 Å². The zero-order valence-corrected chi connectivity index (χ0v) is 13.8. The van der Waals surface area contributed by atoms with Crippen LogP contribution in [0.3, 0.4) is 0 Å². The number of aryl methyl sites for hydroxylation is 1. The van der Waals surface area contributed by atoms with E-state index < -0.39 is 0 Å². The van der Waals surface area contributed by atoms with Gasteiger partial charge in [0.25, 0.3) is 5.91 Å². The fourth-order valence-corrected chi connectivity index (χ4v) is 2.96. The molecule has 6 nitrogen and oxygen atoms in total. The molecule has 0 unspecified atom stereocenters. The maximum Gasteiger partial charge on any atom is 0.289 e. The predicted octanol–water partition coefficient (Wildman–Crippen LogP) is 1.56. The molecule has 1 atom stereocenters. The first-order valence-corrected chi connectivity index (χ1v) is 7.71. The summed E-state index contributed by atoms with van der Waals surface area (Å²) in [7, 11) is 5.60. The molecule has 0 N–H and O–H groups in total. The molecule has 1 amide bonds. The van der Waals surface area contributed by atoms with E-state index in [1.54, 1.807) is 24.1 Å². The van der Waals surface area contributed by atoms with Crippen LogP contribution in [0.2, 0.25) is 0 Å². The number of amides is 1. The Balaban J connectivity index is 1.78. The number of hydrogen-bond donors (Lipinski definition) is 0. The molecule has 0 aliphatic carbocycles. The quantitative estimate of drug-likeness (QED) is 0.863. The molecule has 1 aliphatic rings. The molecule has 122 valence electrons. The Morgan fingerprint density at radius 1 is 1.22 bits per heavy atom. The third-order valence-electron chi connectivity index (χ3n) is 4.45. The fraction of sp³-hybridized carbons (Fsp3) is 0.412. The lowest BCUT2D eigenvalue weighted by molar-refractivity contribution is 0.0531. The van der Waals surface area contributed by atoms with Crippen molar-refractivity contribution in [1.82, 2.24) is 19.4 Å². The Morgan fingerprint density at radius 3 is 2.57 bits per heavy atom. The third kappa shape index (κ3) is 3.07. The summed E-state index contributed by atoms with van der Waals surface area (Å²) >= 11 is 0. The molecule has 0 saturated carbocycles. The lowest BCUT2D eigenvalue weighted by Gasteiger charge is -2.39. The van der Waals surface area contributed by atoms with Gasteiger partial charge in [-0.3, -0.25) is 9.69 Å². The van der Waals surface area contributed by atoms with Crippen molar-refractivity contribution in [2.45, 2.75) is 6.04 Å². The Hall–Kier alpha value is -2.34. The zero-order chi connectivity index (χ0) is 16.4. The van der Waals surface area contributed by atoms with Crippen LogP contribution < -0.4 is 4.74 Å². The summed E-state index contributed by atoms with van der Waals surface area (Å²) in [5, 5.41) is 0. The van der Waals surface area contributed by atoms with Gasteiger partial charge in [0.15, 0.2) is 5.82 Å². The molecular formula is C17H22N4O2. The van der Waals surface area contributed by atoms with Crippen molar-refractivity contribution in [1.29, 1.82) is 0 Å². The molecule has 1 aromatic heterocycles. The Bertz CT molecular complexity index is 680. The maximum atomic E-state index is 12.7. The van der Waals surface area contributed by atoms with Gasteiger partial charge in [0.05, 0.1) is 13.2 Å². The highest BCUT2D eigenvalue weighted by molar-refractivity contribution is 5.90. The second kappa shape index (κ2) is 6.42. The predicted molar refractivity (Wildman–Crippen MR) is 87.5 cm³/mol. The number of rotatable bonds is 3. The SMILES string of the molecule is COc1ccc([C@H]2CN(C(=O)c3nccn3C)CCN2C)cc1. The van der Waals surface area contributed by atoms with E-state index in [9.17, 15) is 4.79 Å². The van der Waals surface area contributed by atoms with Gasteiger partial charge >= 0.3 is 0 Å². The fourth-order valence-electron chi connectivity index (χ4n) is 2.96. The van der Waals surface area contributed by atoms with E-state index in [1.165, 1.54) is 5.56 Å². The molecule has 2 aromatic rings. The van der Waals surface area contributed by atoms with Crippen LogP contribution in [0.25, 0.3) is 0 Å². The molecule has 0 bridgehead atoms. The number of benzene rings is 1. The molecule has 0 spiro atoms. The van der Waals surface area contributed by atoms with Gasteiger partial charge in [-0.25, -0.2) is 4.98 Å². The minimum atomic E-state index is -0.0101. The average Bonchev–Trinajstić information content (AvgIpc) is 3.01. The third-order valence-corrected chi connectivity index (χ3v) is 4.45. The lowest BCUT2D eigenvalue weighted by Crippen LogP contribution is -2.49. The van der Waals surface area contributed by atoms with Crippen LogP contribution >= 0.6 is 0 Å². The lowest BCUT2D eigenvalue weighted by atomic mass is 10.0. The van der Waals surface area contributed by atoms with E-state index in [1.807, 2.05) is 24.1 Å². The van der Waals surface area contributed by atoms with Crippen LogP contribution in [-0.4, -0.2) is 59.0 Å². The smallest absolute Gasteiger partial charge is 0.289 e. The minimum Gasteiger partial charge on any atom is -0.497 e. The summed E-state index contributed by atoms with van der Waals surface area (Å²) in [6, 6.07) is 8.23. The number of nitrogens with zero attached hydrogens (tertiary/aromatic N) is 4. The zero-order valence-electron chi connectivity index (χ0n) is 13.8. The topological polar surface area (TPSA) is 50.6 Å². The van der Waals surface area contributed by atoms with Gasteiger partial charge in [0.1, 0.15) is 5.75 Å². The van der Waals surface area contributed by atoms with E-state index in [2.05, 4.69) is 29.1 Å². The second-order valence-corrected chi connectivity index (χ2v) is 5.88. The van der Waals surface area contributed by atoms with Gasteiger partial charge in [-0.2, -0.15) is 0 Å². The average molecular weight is 314 g/mol. The minimum absolute atomic E-state index is 0.0101. The van der Waals surface area contributed by atoms with E-state index in [-0.39, 0.29) is 11.9 Å². The largest absolute Gasteiger partial charge is 0.497 e. The number of ether oxygens (including phenoxy) is 1. The standard InChI is InChI=1S/C17H22N4O2/c1-19-10-11-21(17(22)16-18-8-9-20(16)2)12-15(19)13-4-6-14(23-3)7-5-13/h4-9,15H,10-12H2,1-3H3/t15-/m1/s1. The maximum absolute atomic E-state index is 12.7. The Morgan fingerprint density at radius 2 is 1.96 bits per heavy atom. The first-order valence-electron chi connectivity index (χ1n) is 7.71. The summed E-state index contributed by atoms with van der Waals surface area (Å²) in [6.45, 7) is 2.22. The normalized spacial score (nSPS) is 18.9. The van der Waals surface area contributed by atoms with E-state index >= 15 is 0 Å². The molecular weight excluding hydrogens is 292 g/mol. The number of imidazole rings is 1. The van der Waals surface area contributed by atoms with Gasteiger partial charge in [-0.05, 0) is 24.7 Å². The van der Waals surface area contributed by atoms with Crippen LogP contribution in [0.1, 0.15) is 22.2 Å². The first-order chi connectivity index (χ1) is 11.1. The number of piperazine rings is 1. The molecule has 23 heavy (non-hydrogen) atoms. The van der Waals surface area contributed by atoms with Crippen LogP contribution in [0, 0.1) is 0 Å². The van der Waals surface area contributed by atoms with Crippen molar-refractivity contribution in [3.63, 3.8) is 0 Å². The summed E-state index contributed by atoms with van der Waals surface area (Å²) in [4.78, 5) is 21.0. The molecule has 1 saturated heterocycles. The summed E-state index contributed by atoms with van der Waals surface area (Å²) < 4.78 is 6.98. The van der Waals surface area contributed by atoms with Gasteiger partial charge in [0.2, 0.25) is 0 Å². The molecule has 1 fully saturated rings. The Kier molecular flexibility index (Phi) is 4.34. The second-order valence-electron chi connectivity index (χ2n) is 5.88. The van der Waals surface area contributed by atoms with Crippen LogP contribution in [0.4, 0.5) is 0 Å². The van der Waals surface area contributed by atoms with E-state index in [0.29, 0.717) is 12.4 Å². The van der Waals surface area contributed by atoms with Gasteiger partial charge in [-0.1, -0.05) is 12.1 Å². The Labute approximate surface area is 136 Å². The van der Waals surface area contributed by atoms with Gasteiger partial charge in [0, 0.05) is 39.1 Å². The number of aromatic nitrogens is 2. The molecule has 3 rings (SSSR count). The highest BCUT2D eigenvalue weighted by Gasteiger charge is 2.30. The number of hydrogen-bond acceptors (Lipinski definition) is 4. The first kappa shape index (κ1) is 15.6. The summed E-state index contributed by atoms with van der Waals surface area (Å²) in [6.07, 6.45) is 3.45. The number of carbonyl (C=O) groups is 1. The molecule has 0 radical (unpaired) electrons. The summed E-state index contributed by atoms with van der Waals surface area (Å²) in [5.41, 5.74) is 1.19. The van der Waals surface area contributed by atoms with Crippen molar-refractivity contribution < 1.29 is 9.53 Å². The molecule has 1 aliphatic heterocycles. The van der Waals surface area contributed by atoms with Gasteiger partial charge in [-0.15, -0.1) is 0 Å². The number of likely N-dealkylation sites (N-methyl/N-ethyl adjacent to an activating group) is 1. The van der Waals surface area contributed by atoms with Crippen LogP contribution in [0.5, 0.6) is 5.75 Å². The molecule has 2 heterocycles.